The van der Waals surface area contributed by atoms with Crippen LogP contribution in [0.25, 0.3) is 10.8 Å². The first kappa shape index (κ1) is 15.3. The van der Waals surface area contributed by atoms with Crippen LogP contribution in [0, 0.1) is 5.92 Å². The molecule has 1 aliphatic rings. The summed E-state index contributed by atoms with van der Waals surface area (Å²) in [6.07, 6.45) is 8.50. The summed E-state index contributed by atoms with van der Waals surface area (Å²) in [7, 11) is 0. The Balaban J connectivity index is 1.40. The zero-order valence-corrected chi connectivity index (χ0v) is 13.6. The van der Waals surface area contributed by atoms with E-state index in [4.69, 9.17) is 9.26 Å². The summed E-state index contributed by atoms with van der Waals surface area (Å²) < 4.78 is 10.8. The van der Waals surface area contributed by atoms with Crippen molar-refractivity contribution >= 4 is 10.8 Å². The third-order valence-electron chi connectivity index (χ3n) is 4.68. The summed E-state index contributed by atoms with van der Waals surface area (Å²) in [5.41, 5.74) is 1.22. The number of benzene rings is 1. The maximum Gasteiger partial charge on any atom is 0.226 e. The van der Waals surface area contributed by atoms with Gasteiger partial charge in [0, 0.05) is 43.8 Å². The molecular weight excluding hydrogens is 302 g/mol. The van der Waals surface area contributed by atoms with Crippen molar-refractivity contribution in [1.82, 2.24) is 15.1 Å². The molecule has 5 heteroatoms. The summed E-state index contributed by atoms with van der Waals surface area (Å²) in [6, 6.07) is 8.32. The van der Waals surface area contributed by atoms with E-state index in [9.17, 15) is 0 Å². The maximum atomic E-state index is 5.43. The Morgan fingerprint density at radius 2 is 1.92 bits per heavy atom. The predicted octanol–water partition coefficient (Wildman–Crippen LogP) is 3.37. The molecule has 0 bridgehead atoms. The fourth-order valence-corrected chi connectivity index (χ4v) is 3.30. The third-order valence-corrected chi connectivity index (χ3v) is 4.68. The molecule has 0 N–H and O–H groups in total. The van der Waals surface area contributed by atoms with E-state index < -0.39 is 0 Å². The molecule has 1 aromatic carbocycles. The standard InChI is InChI=1S/C19H21N3O2/c1-2-4-17-15(3-1)12-20-13-16(17)5-6-19-21-18(22-24-19)11-14-7-9-23-10-8-14/h1-4,12-14H,5-11H2. The van der Waals surface area contributed by atoms with Crippen molar-refractivity contribution in [1.29, 1.82) is 0 Å². The molecule has 1 fully saturated rings. The fourth-order valence-electron chi connectivity index (χ4n) is 3.30. The number of aromatic nitrogens is 3. The molecule has 124 valence electrons. The van der Waals surface area contributed by atoms with E-state index in [-0.39, 0.29) is 0 Å². The van der Waals surface area contributed by atoms with E-state index >= 15 is 0 Å². The van der Waals surface area contributed by atoms with Gasteiger partial charge in [0.15, 0.2) is 5.82 Å². The molecule has 0 spiro atoms. The molecule has 2 aromatic heterocycles. The highest BCUT2D eigenvalue weighted by molar-refractivity contribution is 5.84. The second-order valence-electron chi connectivity index (χ2n) is 6.38. The van der Waals surface area contributed by atoms with Gasteiger partial charge in [-0.15, -0.1) is 0 Å². The average molecular weight is 323 g/mol. The van der Waals surface area contributed by atoms with E-state index in [1.54, 1.807) is 0 Å². The zero-order chi connectivity index (χ0) is 16.2. The molecule has 4 rings (SSSR count). The van der Waals surface area contributed by atoms with Gasteiger partial charge in [0.05, 0.1) is 0 Å². The van der Waals surface area contributed by atoms with Crippen LogP contribution in [0.4, 0.5) is 0 Å². The molecule has 3 heterocycles. The van der Waals surface area contributed by atoms with Crippen LogP contribution in [0.15, 0.2) is 41.2 Å². The highest BCUT2D eigenvalue weighted by Crippen LogP contribution is 2.20. The summed E-state index contributed by atoms with van der Waals surface area (Å²) in [5.74, 6) is 2.16. The van der Waals surface area contributed by atoms with E-state index in [0.717, 1.165) is 51.1 Å². The van der Waals surface area contributed by atoms with Crippen LogP contribution in [0.1, 0.15) is 30.1 Å². The molecule has 0 atom stereocenters. The Labute approximate surface area is 141 Å². The molecule has 3 aromatic rings. The molecule has 0 aliphatic carbocycles. The van der Waals surface area contributed by atoms with Gasteiger partial charge in [-0.05, 0) is 36.1 Å². The van der Waals surface area contributed by atoms with Gasteiger partial charge in [0.2, 0.25) is 5.89 Å². The second kappa shape index (κ2) is 7.09. The van der Waals surface area contributed by atoms with Crippen LogP contribution in [-0.4, -0.2) is 28.3 Å². The lowest BCUT2D eigenvalue weighted by molar-refractivity contribution is 0.0658. The minimum Gasteiger partial charge on any atom is -0.381 e. The van der Waals surface area contributed by atoms with Gasteiger partial charge >= 0.3 is 0 Å². The van der Waals surface area contributed by atoms with Gasteiger partial charge in [-0.25, -0.2) is 0 Å². The molecule has 24 heavy (non-hydrogen) atoms. The van der Waals surface area contributed by atoms with Crippen molar-refractivity contribution in [3.05, 3.63) is 53.9 Å². The summed E-state index contributed by atoms with van der Waals surface area (Å²) >= 11 is 0. The number of nitrogens with zero attached hydrogens (tertiary/aromatic N) is 3. The Hall–Kier alpha value is -2.27. The van der Waals surface area contributed by atoms with Crippen molar-refractivity contribution in [3.8, 4) is 0 Å². The van der Waals surface area contributed by atoms with Crippen LogP contribution in [0.5, 0.6) is 0 Å². The molecule has 0 unspecified atom stereocenters. The highest BCUT2D eigenvalue weighted by atomic mass is 16.5. The van der Waals surface area contributed by atoms with Gasteiger partial charge in [-0.1, -0.05) is 29.4 Å². The third kappa shape index (κ3) is 3.46. The molecule has 0 saturated carbocycles. The SMILES string of the molecule is c1ccc2c(CCc3nc(CC4CCOCC4)no3)cncc2c1. The first-order valence-electron chi connectivity index (χ1n) is 8.59. The molecule has 1 aliphatic heterocycles. The molecule has 1 saturated heterocycles. The second-order valence-corrected chi connectivity index (χ2v) is 6.38. The van der Waals surface area contributed by atoms with Crippen molar-refractivity contribution in [3.63, 3.8) is 0 Å². The number of fused-ring (bicyclic) bond motifs is 1. The average Bonchev–Trinajstić information content (AvgIpc) is 3.08. The number of ether oxygens (including phenoxy) is 1. The topological polar surface area (TPSA) is 61.0 Å². The lowest BCUT2D eigenvalue weighted by atomic mass is 9.96. The first-order valence-corrected chi connectivity index (χ1v) is 8.59. The first-order chi connectivity index (χ1) is 11.9. The zero-order valence-electron chi connectivity index (χ0n) is 13.6. The van der Waals surface area contributed by atoms with E-state index in [2.05, 4.69) is 33.3 Å². The number of hydrogen-bond acceptors (Lipinski definition) is 5. The molecular formula is C19H21N3O2. The minimum absolute atomic E-state index is 0.617. The lowest BCUT2D eigenvalue weighted by Gasteiger charge is -2.20. The number of aryl methyl sites for hydroxylation is 2. The Morgan fingerprint density at radius 3 is 2.83 bits per heavy atom. The number of hydrogen-bond donors (Lipinski definition) is 0. The van der Waals surface area contributed by atoms with Gasteiger partial charge in [-0.3, -0.25) is 4.98 Å². The minimum atomic E-state index is 0.617. The van der Waals surface area contributed by atoms with Crippen molar-refractivity contribution in [2.45, 2.75) is 32.1 Å². The molecule has 0 radical (unpaired) electrons. The number of rotatable bonds is 5. The normalized spacial score (nSPS) is 15.8. The maximum absolute atomic E-state index is 5.43. The quantitative estimate of drug-likeness (QED) is 0.720. The fraction of sp³-hybridized carbons (Fsp3) is 0.421. The van der Waals surface area contributed by atoms with Crippen LogP contribution < -0.4 is 0 Å². The van der Waals surface area contributed by atoms with E-state index in [1.807, 2.05) is 18.5 Å². The van der Waals surface area contributed by atoms with Crippen LogP contribution in [0.2, 0.25) is 0 Å². The van der Waals surface area contributed by atoms with E-state index in [1.165, 1.54) is 16.3 Å². The van der Waals surface area contributed by atoms with Crippen molar-refractivity contribution in [2.24, 2.45) is 5.92 Å². The Bertz CT molecular complexity index is 804. The summed E-state index contributed by atoms with van der Waals surface area (Å²) in [4.78, 5) is 8.89. The molecule has 5 nitrogen and oxygen atoms in total. The highest BCUT2D eigenvalue weighted by Gasteiger charge is 2.17. The van der Waals surface area contributed by atoms with Crippen LogP contribution >= 0.6 is 0 Å². The predicted molar refractivity (Wildman–Crippen MR) is 90.7 cm³/mol. The van der Waals surface area contributed by atoms with Gasteiger partial charge in [0.1, 0.15) is 0 Å². The monoisotopic (exact) mass is 323 g/mol. The lowest BCUT2D eigenvalue weighted by Crippen LogP contribution is -2.18. The number of pyridine rings is 1. The Kier molecular flexibility index (Phi) is 4.51. The van der Waals surface area contributed by atoms with Gasteiger partial charge in [-0.2, -0.15) is 4.98 Å². The van der Waals surface area contributed by atoms with Crippen LogP contribution in [-0.2, 0) is 24.0 Å². The smallest absolute Gasteiger partial charge is 0.226 e. The summed E-state index contributed by atoms with van der Waals surface area (Å²) in [6.45, 7) is 1.70. The van der Waals surface area contributed by atoms with E-state index in [0.29, 0.717) is 11.8 Å². The van der Waals surface area contributed by atoms with Crippen molar-refractivity contribution < 1.29 is 9.26 Å². The van der Waals surface area contributed by atoms with Crippen LogP contribution in [0.3, 0.4) is 0 Å². The Morgan fingerprint density at radius 1 is 1.04 bits per heavy atom. The largest absolute Gasteiger partial charge is 0.381 e. The van der Waals surface area contributed by atoms with Gasteiger partial charge in [0.25, 0.3) is 0 Å². The summed E-state index contributed by atoms with van der Waals surface area (Å²) in [5, 5.41) is 6.55. The van der Waals surface area contributed by atoms with Crippen molar-refractivity contribution in [2.75, 3.05) is 13.2 Å². The van der Waals surface area contributed by atoms with Gasteiger partial charge < -0.3 is 9.26 Å². The molecule has 0 amide bonds.